The molecule has 0 heterocycles. The van der Waals surface area contributed by atoms with E-state index in [9.17, 15) is 0 Å². The van der Waals surface area contributed by atoms with Crippen LogP contribution in [0.3, 0.4) is 0 Å². The first-order chi connectivity index (χ1) is 8.98. The van der Waals surface area contributed by atoms with E-state index >= 15 is 0 Å². The molecule has 0 amide bonds. The maximum Gasteiger partial charge on any atom is 0.122 e. The fourth-order valence-electron chi connectivity index (χ4n) is 2.13. The quantitative estimate of drug-likeness (QED) is 0.537. The Morgan fingerprint density at radius 3 is 2.58 bits per heavy atom. The van der Waals surface area contributed by atoms with Gasteiger partial charge in [0, 0.05) is 9.11 Å². The highest BCUT2D eigenvalue weighted by atomic mass is 127. The van der Waals surface area contributed by atoms with Gasteiger partial charge in [-0.3, -0.25) is 0 Å². The van der Waals surface area contributed by atoms with E-state index in [0.29, 0.717) is 0 Å². The molecule has 0 aliphatic carbocycles. The molecule has 19 heavy (non-hydrogen) atoms. The van der Waals surface area contributed by atoms with Crippen LogP contribution in [-0.2, 0) is 6.42 Å². The van der Waals surface area contributed by atoms with Gasteiger partial charge in [0.05, 0.1) is 7.11 Å². The summed E-state index contributed by atoms with van der Waals surface area (Å²) in [5.41, 5.74) is 1.60. The van der Waals surface area contributed by atoms with Crippen LogP contribution in [-0.4, -0.2) is 19.7 Å². The second-order valence-corrected chi connectivity index (χ2v) is 6.90. The predicted molar refractivity (Wildman–Crippen MR) is 91.0 cm³/mol. The van der Waals surface area contributed by atoms with Crippen LogP contribution >= 0.6 is 22.6 Å². The number of halogens is 1. The van der Waals surface area contributed by atoms with Crippen LogP contribution in [0, 0.1) is 3.57 Å². The van der Waals surface area contributed by atoms with Gasteiger partial charge in [0.2, 0.25) is 0 Å². The van der Waals surface area contributed by atoms with Crippen LogP contribution in [0.4, 0.5) is 0 Å². The first-order valence-electron chi connectivity index (χ1n) is 7.00. The fraction of sp³-hybridized carbons (Fsp3) is 0.625. The van der Waals surface area contributed by atoms with Crippen molar-refractivity contribution >= 4 is 22.6 Å². The lowest BCUT2D eigenvalue weighted by Gasteiger charge is -2.23. The Kier molecular flexibility index (Phi) is 7.15. The molecule has 0 unspecified atom stereocenters. The monoisotopic (exact) mass is 375 g/mol. The van der Waals surface area contributed by atoms with Gasteiger partial charge in [-0.05, 0) is 86.5 Å². The van der Waals surface area contributed by atoms with Crippen LogP contribution in [0.2, 0.25) is 0 Å². The van der Waals surface area contributed by atoms with E-state index in [-0.39, 0.29) is 5.54 Å². The summed E-state index contributed by atoms with van der Waals surface area (Å²) in [6.45, 7) is 4.52. The SMILES string of the molecule is CNC(C)(C)CCCCCc1cc(I)ccc1OC. The van der Waals surface area contributed by atoms with E-state index in [2.05, 4.69) is 60.0 Å². The maximum atomic E-state index is 5.42. The summed E-state index contributed by atoms with van der Waals surface area (Å²) in [5, 5.41) is 3.35. The molecule has 108 valence electrons. The number of methoxy groups -OCH3 is 1. The molecule has 0 bridgehead atoms. The number of nitrogens with one attached hydrogen (secondary N) is 1. The molecule has 0 saturated carbocycles. The number of rotatable bonds is 8. The highest BCUT2D eigenvalue weighted by Gasteiger charge is 2.13. The molecule has 0 saturated heterocycles. The van der Waals surface area contributed by atoms with E-state index in [1.54, 1.807) is 7.11 Å². The first-order valence-corrected chi connectivity index (χ1v) is 8.08. The van der Waals surface area contributed by atoms with Crippen molar-refractivity contribution < 1.29 is 4.74 Å². The van der Waals surface area contributed by atoms with Crippen LogP contribution in [0.15, 0.2) is 18.2 Å². The van der Waals surface area contributed by atoms with E-state index in [0.717, 1.165) is 12.2 Å². The standard InChI is InChI=1S/C16H26INO/c1-16(2,18-3)11-7-5-6-8-13-12-14(17)9-10-15(13)19-4/h9-10,12,18H,5-8,11H2,1-4H3. The number of hydrogen-bond acceptors (Lipinski definition) is 2. The lowest BCUT2D eigenvalue weighted by Crippen LogP contribution is -2.35. The Morgan fingerprint density at radius 2 is 1.95 bits per heavy atom. The highest BCUT2D eigenvalue weighted by Crippen LogP contribution is 2.23. The van der Waals surface area contributed by atoms with Crippen LogP contribution in [0.1, 0.15) is 45.1 Å². The number of aryl methyl sites for hydroxylation is 1. The molecule has 1 aromatic rings. The summed E-state index contributed by atoms with van der Waals surface area (Å²) in [5.74, 6) is 1.02. The van der Waals surface area contributed by atoms with Crippen molar-refractivity contribution in [2.45, 2.75) is 51.5 Å². The maximum absolute atomic E-state index is 5.42. The zero-order valence-electron chi connectivity index (χ0n) is 12.6. The van der Waals surface area contributed by atoms with E-state index in [1.165, 1.54) is 34.8 Å². The molecule has 0 aliphatic rings. The zero-order valence-corrected chi connectivity index (χ0v) is 14.7. The van der Waals surface area contributed by atoms with Gasteiger partial charge in [0.15, 0.2) is 0 Å². The molecule has 0 spiro atoms. The molecule has 0 radical (unpaired) electrons. The Hall–Kier alpha value is -0.290. The Morgan fingerprint density at radius 1 is 1.21 bits per heavy atom. The summed E-state index contributed by atoms with van der Waals surface area (Å²) in [4.78, 5) is 0. The fourth-order valence-corrected chi connectivity index (χ4v) is 2.68. The Bertz CT molecular complexity index is 390. The number of ether oxygens (including phenoxy) is 1. The predicted octanol–water partition coefficient (Wildman–Crippen LogP) is 4.40. The van der Waals surface area contributed by atoms with E-state index in [1.807, 2.05) is 7.05 Å². The molecular formula is C16H26INO. The zero-order chi connectivity index (χ0) is 14.3. The van der Waals surface area contributed by atoms with Crippen LogP contribution < -0.4 is 10.1 Å². The molecule has 0 aliphatic heterocycles. The van der Waals surface area contributed by atoms with Gasteiger partial charge in [-0.25, -0.2) is 0 Å². The average molecular weight is 375 g/mol. The second-order valence-electron chi connectivity index (χ2n) is 5.65. The lowest BCUT2D eigenvalue weighted by atomic mass is 9.96. The lowest BCUT2D eigenvalue weighted by molar-refractivity contribution is 0.374. The molecule has 0 fully saturated rings. The topological polar surface area (TPSA) is 21.3 Å². The van der Waals surface area contributed by atoms with Crippen molar-refractivity contribution in [1.82, 2.24) is 5.32 Å². The largest absolute Gasteiger partial charge is 0.496 e. The molecule has 1 aromatic carbocycles. The summed E-state index contributed by atoms with van der Waals surface area (Å²) in [6.07, 6.45) is 6.13. The highest BCUT2D eigenvalue weighted by molar-refractivity contribution is 14.1. The van der Waals surface area contributed by atoms with Crippen molar-refractivity contribution in [3.63, 3.8) is 0 Å². The minimum Gasteiger partial charge on any atom is -0.496 e. The van der Waals surface area contributed by atoms with Crippen molar-refractivity contribution in [3.8, 4) is 5.75 Å². The van der Waals surface area contributed by atoms with Gasteiger partial charge < -0.3 is 10.1 Å². The van der Waals surface area contributed by atoms with Crippen LogP contribution in [0.25, 0.3) is 0 Å². The Labute approximate surface area is 131 Å². The molecule has 0 atom stereocenters. The third kappa shape index (κ3) is 6.13. The van der Waals surface area contributed by atoms with Crippen molar-refractivity contribution in [2.24, 2.45) is 0 Å². The van der Waals surface area contributed by atoms with Crippen molar-refractivity contribution in [1.29, 1.82) is 0 Å². The van der Waals surface area contributed by atoms with Crippen molar-refractivity contribution in [3.05, 3.63) is 27.3 Å². The number of hydrogen-bond donors (Lipinski definition) is 1. The smallest absolute Gasteiger partial charge is 0.122 e. The van der Waals surface area contributed by atoms with Gasteiger partial charge in [-0.2, -0.15) is 0 Å². The summed E-state index contributed by atoms with van der Waals surface area (Å²) in [7, 11) is 3.79. The van der Waals surface area contributed by atoms with Gasteiger partial charge in [-0.15, -0.1) is 0 Å². The number of benzene rings is 1. The Balaban J connectivity index is 2.35. The first kappa shape index (κ1) is 16.8. The molecule has 1 N–H and O–H groups in total. The third-order valence-electron chi connectivity index (χ3n) is 3.67. The van der Waals surface area contributed by atoms with E-state index < -0.39 is 0 Å². The van der Waals surface area contributed by atoms with Gasteiger partial charge in [0.1, 0.15) is 5.75 Å². The van der Waals surface area contributed by atoms with Gasteiger partial charge in [-0.1, -0.05) is 12.8 Å². The third-order valence-corrected chi connectivity index (χ3v) is 4.34. The minimum atomic E-state index is 0.264. The summed E-state index contributed by atoms with van der Waals surface area (Å²) >= 11 is 2.36. The number of unbranched alkanes of at least 4 members (excludes halogenated alkanes) is 2. The molecule has 2 nitrogen and oxygen atoms in total. The minimum absolute atomic E-state index is 0.264. The normalized spacial score (nSPS) is 11.6. The van der Waals surface area contributed by atoms with Gasteiger partial charge >= 0.3 is 0 Å². The summed E-state index contributed by atoms with van der Waals surface area (Å²) in [6, 6.07) is 6.40. The molecule has 0 aromatic heterocycles. The van der Waals surface area contributed by atoms with Gasteiger partial charge in [0.25, 0.3) is 0 Å². The molecule has 1 rings (SSSR count). The average Bonchev–Trinajstić information content (AvgIpc) is 2.38. The van der Waals surface area contributed by atoms with Crippen LogP contribution in [0.5, 0.6) is 5.75 Å². The summed E-state index contributed by atoms with van der Waals surface area (Å²) < 4.78 is 6.70. The van der Waals surface area contributed by atoms with E-state index in [4.69, 9.17) is 4.74 Å². The molecule has 3 heteroatoms. The second kappa shape index (κ2) is 8.10. The molecular weight excluding hydrogens is 349 g/mol. The van der Waals surface area contributed by atoms with Crippen molar-refractivity contribution in [2.75, 3.05) is 14.2 Å².